The lowest BCUT2D eigenvalue weighted by atomic mass is 9.82. The molecule has 120 valence electrons. The number of hydrogen-bond donors (Lipinski definition) is 1. The zero-order valence-corrected chi connectivity index (χ0v) is 13.2. The van der Waals surface area contributed by atoms with Crippen molar-refractivity contribution < 1.29 is 14.7 Å². The molecule has 2 aliphatic rings. The summed E-state index contributed by atoms with van der Waals surface area (Å²) in [5.74, 6) is 0.0661. The highest BCUT2D eigenvalue weighted by Gasteiger charge is 2.34. The normalized spacial score (nSPS) is 27.3. The predicted molar refractivity (Wildman–Crippen MR) is 82.0 cm³/mol. The fourth-order valence-electron chi connectivity index (χ4n) is 4.00. The molecule has 0 saturated heterocycles. The Kier molecular flexibility index (Phi) is 6.07. The molecule has 0 aromatic heterocycles. The van der Waals surface area contributed by atoms with Crippen LogP contribution in [0.15, 0.2) is 0 Å². The number of nitrogens with zero attached hydrogens (tertiary/aromatic N) is 1. The molecule has 4 nitrogen and oxygen atoms in total. The Morgan fingerprint density at radius 1 is 1.00 bits per heavy atom. The molecule has 2 saturated carbocycles. The Morgan fingerprint density at radius 2 is 1.62 bits per heavy atom. The van der Waals surface area contributed by atoms with Crippen molar-refractivity contribution in [3.05, 3.63) is 0 Å². The van der Waals surface area contributed by atoms with Crippen molar-refractivity contribution in [2.24, 2.45) is 11.8 Å². The highest BCUT2D eigenvalue weighted by molar-refractivity contribution is 5.80. The first kappa shape index (κ1) is 16.3. The van der Waals surface area contributed by atoms with Crippen LogP contribution in [0.25, 0.3) is 0 Å². The van der Waals surface area contributed by atoms with Crippen LogP contribution in [0.5, 0.6) is 0 Å². The van der Waals surface area contributed by atoms with E-state index in [-0.39, 0.29) is 24.3 Å². The Morgan fingerprint density at radius 3 is 2.24 bits per heavy atom. The Labute approximate surface area is 127 Å². The van der Waals surface area contributed by atoms with Crippen LogP contribution in [0.2, 0.25) is 0 Å². The number of rotatable bonds is 5. The highest BCUT2D eigenvalue weighted by atomic mass is 16.4. The van der Waals surface area contributed by atoms with Crippen molar-refractivity contribution in [1.29, 1.82) is 0 Å². The maximum absolute atomic E-state index is 12.9. The maximum Gasteiger partial charge on any atom is 0.305 e. The van der Waals surface area contributed by atoms with E-state index in [0.717, 1.165) is 44.9 Å². The molecule has 0 radical (unpaired) electrons. The topological polar surface area (TPSA) is 57.6 Å². The van der Waals surface area contributed by atoms with Gasteiger partial charge >= 0.3 is 5.97 Å². The van der Waals surface area contributed by atoms with E-state index in [0.29, 0.717) is 12.5 Å². The molecule has 0 spiro atoms. The molecule has 1 N–H and O–H groups in total. The van der Waals surface area contributed by atoms with Gasteiger partial charge in [0, 0.05) is 18.5 Å². The van der Waals surface area contributed by atoms with Gasteiger partial charge in [0.05, 0.1) is 6.42 Å². The first-order valence-electron chi connectivity index (χ1n) is 8.62. The van der Waals surface area contributed by atoms with Crippen molar-refractivity contribution in [1.82, 2.24) is 4.90 Å². The van der Waals surface area contributed by atoms with Gasteiger partial charge in [0.15, 0.2) is 0 Å². The van der Waals surface area contributed by atoms with Gasteiger partial charge in [-0.15, -0.1) is 0 Å². The van der Waals surface area contributed by atoms with Crippen LogP contribution in [0.4, 0.5) is 0 Å². The van der Waals surface area contributed by atoms with Crippen LogP contribution in [-0.2, 0) is 9.59 Å². The van der Waals surface area contributed by atoms with Crippen LogP contribution >= 0.6 is 0 Å². The van der Waals surface area contributed by atoms with Crippen molar-refractivity contribution >= 4 is 11.9 Å². The fraction of sp³-hybridized carbons (Fsp3) is 0.882. The molecule has 2 rings (SSSR count). The van der Waals surface area contributed by atoms with E-state index in [1.165, 1.54) is 12.8 Å². The average Bonchev–Trinajstić information content (AvgIpc) is 2.49. The van der Waals surface area contributed by atoms with Gasteiger partial charge in [-0.25, -0.2) is 0 Å². The summed E-state index contributed by atoms with van der Waals surface area (Å²) in [5, 5.41) is 8.98. The van der Waals surface area contributed by atoms with Gasteiger partial charge in [0.25, 0.3) is 0 Å². The van der Waals surface area contributed by atoms with Crippen molar-refractivity contribution in [3.8, 4) is 0 Å². The average molecular weight is 295 g/mol. The summed E-state index contributed by atoms with van der Waals surface area (Å²) in [7, 11) is 0. The van der Waals surface area contributed by atoms with E-state index in [9.17, 15) is 9.59 Å². The molecule has 0 bridgehead atoms. The molecule has 0 heterocycles. The van der Waals surface area contributed by atoms with Crippen LogP contribution in [0, 0.1) is 11.8 Å². The molecule has 2 atom stereocenters. The van der Waals surface area contributed by atoms with Gasteiger partial charge in [0.1, 0.15) is 0 Å². The number of carbonyl (C=O) groups excluding carboxylic acids is 1. The lowest BCUT2D eigenvalue weighted by Gasteiger charge is -2.40. The molecule has 0 aliphatic heterocycles. The molecule has 4 heteroatoms. The molecule has 1 amide bonds. The summed E-state index contributed by atoms with van der Waals surface area (Å²) in [6, 6.07) is 0.257. The van der Waals surface area contributed by atoms with E-state index in [1.807, 2.05) is 4.90 Å². The molecule has 2 unspecified atom stereocenters. The first-order chi connectivity index (χ1) is 10.1. The smallest absolute Gasteiger partial charge is 0.305 e. The molecule has 2 aliphatic carbocycles. The monoisotopic (exact) mass is 295 g/mol. The molecule has 0 aromatic carbocycles. The maximum atomic E-state index is 12.9. The van der Waals surface area contributed by atoms with E-state index in [1.54, 1.807) is 0 Å². The van der Waals surface area contributed by atoms with Gasteiger partial charge in [-0.3, -0.25) is 9.59 Å². The zero-order chi connectivity index (χ0) is 15.2. The van der Waals surface area contributed by atoms with Gasteiger partial charge < -0.3 is 10.0 Å². The minimum Gasteiger partial charge on any atom is -0.481 e. The molecular weight excluding hydrogens is 266 g/mol. The van der Waals surface area contributed by atoms with Gasteiger partial charge in [0.2, 0.25) is 5.91 Å². The summed E-state index contributed by atoms with van der Waals surface area (Å²) in [6.07, 6.45) is 10.2. The van der Waals surface area contributed by atoms with E-state index < -0.39 is 5.97 Å². The number of carbonyl (C=O) groups is 2. The molecule has 2 fully saturated rings. The lowest BCUT2D eigenvalue weighted by molar-refractivity contribution is -0.143. The van der Waals surface area contributed by atoms with E-state index in [4.69, 9.17) is 5.11 Å². The van der Waals surface area contributed by atoms with Crippen LogP contribution in [0.3, 0.4) is 0 Å². The second kappa shape index (κ2) is 7.81. The summed E-state index contributed by atoms with van der Waals surface area (Å²) in [5.41, 5.74) is 0. The standard InChI is InChI=1S/C17H29NO3/c1-13-7-5-6-10-15(13)18(12-11-16(19)20)17(21)14-8-3-2-4-9-14/h13-15H,2-12H2,1H3,(H,19,20). The van der Waals surface area contributed by atoms with Crippen molar-refractivity contribution in [3.63, 3.8) is 0 Å². The van der Waals surface area contributed by atoms with Crippen LogP contribution in [-0.4, -0.2) is 34.5 Å². The van der Waals surface area contributed by atoms with E-state index >= 15 is 0 Å². The van der Waals surface area contributed by atoms with Gasteiger partial charge in [-0.1, -0.05) is 39.0 Å². The zero-order valence-electron chi connectivity index (χ0n) is 13.2. The third-order valence-corrected chi connectivity index (χ3v) is 5.27. The Hall–Kier alpha value is -1.06. The number of amides is 1. The Balaban J connectivity index is 2.05. The van der Waals surface area contributed by atoms with Crippen LogP contribution < -0.4 is 0 Å². The summed E-state index contributed by atoms with van der Waals surface area (Å²) >= 11 is 0. The van der Waals surface area contributed by atoms with Gasteiger partial charge in [-0.05, 0) is 31.6 Å². The van der Waals surface area contributed by atoms with Crippen molar-refractivity contribution in [2.45, 2.75) is 77.2 Å². The van der Waals surface area contributed by atoms with Gasteiger partial charge in [-0.2, -0.15) is 0 Å². The lowest BCUT2D eigenvalue weighted by Crippen LogP contribution is -2.48. The largest absolute Gasteiger partial charge is 0.481 e. The van der Waals surface area contributed by atoms with E-state index in [2.05, 4.69) is 6.92 Å². The summed E-state index contributed by atoms with van der Waals surface area (Å²) in [6.45, 7) is 2.60. The Bertz CT molecular complexity index is 363. The minimum atomic E-state index is -0.806. The second-order valence-corrected chi connectivity index (χ2v) is 6.84. The third-order valence-electron chi connectivity index (χ3n) is 5.27. The molecular formula is C17H29NO3. The molecule has 21 heavy (non-hydrogen) atoms. The van der Waals surface area contributed by atoms with Crippen molar-refractivity contribution in [2.75, 3.05) is 6.54 Å². The predicted octanol–water partition coefficient (Wildman–Crippen LogP) is 3.45. The SMILES string of the molecule is CC1CCCCC1N(CCC(=O)O)C(=O)C1CCCCC1. The highest BCUT2D eigenvalue weighted by Crippen LogP contribution is 2.32. The second-order valence-electron chi connectivity index (χ2n) is 6.84. The fourth-order valence-corrected chi connectivity index (χ4v) is 4.00. The minimum absolute atomic E-state index is 0.0711. The molecule has 0 aromatic rings. The summed E-state index contributed by atoms with van der Waals surface area (Å²) in [4.78, 5) is 25.8. The van der Waals surface area contributed by atoms with Crippen LogP contribution in [0.1, 0.15) is 71.1 Å². The number of hydrogen-bond acceptors (Lipinski definition) is 2. The number of carboxylic acid groups (broad SMARTS) is 1. The number of carboxylic acids is 1. The first-order valence-corrected chi connectivity index (χ1v) is 8.62. The quantitative estimate of drug-likeness (QED) is 0.845. The number of aliphatic carboxylic acids is 1. The third kappa shape index (κ3) is 4.45. The summed E-state index contributed by atoms with van der Waals surface area (Å²) < 4.78 is 0.